The molecule has 0 saturated carbocycles. The molecular weight excluding hydrogens is 397 g/mol. The third-order valence-electron chi connectivity index (χ3n) is 3.89. The zero-order valence-corrected chi connectivity index (χ0v) is 16.0. The Morgan fingerprint density at radius 2 is 1.96 bits per heavy atom. The molecule has 3 rings (SSSR count). The number of nitrogens with one attached hydrogen (secondary N) is 1. The van der Waals surface area contributed by atoms with Crippen LogP contribution >= 0.6 is 34.5 Å². The molecule has 3 amide bonds. The first kappa shape index (κ1) is 18.8. The molecule has 1 aliphatic rings. The maximum atomic E-state index is 12.0. The van der Waals surface area contributed by atoms with Gasteiger partial charge in [0.1, 0.15) is 0 Å². The van der Waals surface area contributed by atoms with E-state index in [1.807, 2.05) is 0 Å². The zero-order valence-electron chi connectivity index (χ0n) is 13.6. The van der Waals surface area contributed by atoms with Crippen molar-refractivity contribution in [2.75, 3.05) is 11.9 Å². The number of imide groups is 1. The van der Waals surface area contributed by atoms with E-state index in [0.29, 0.717) is 21.6 Å². The number of benzene rings is 1. The van der Waals surface area contributed by atoms with Gasteiger partial charge in [-0.05, 0) is 23.8 Å². The number of anilines is 1. The first-order valence-corrected chi connectivity index (χ1v) is 9.51. The molecule has 1 aromatic carbocycles. The zero-order chi connectivity index (χ0) is 18.7. The van der Waals surface area contributed by atoms with Crippen molar-refractivity contribution >= 4 is 57.4 Å². The molecule has 0 bridgehead atoms. The number of likely N-dealkylation sites (tertiary alicyclic amines) is 1. The average Bonchev–Trinajstić information content (AvgIpc) is 3.16. The number of halogens is 2. The lowest BCUT2D eigenvalue weighted by Gasteiger charge is -2.12. The predicted octanol–water partition coefficient (Wildman–Crippen LogP) is 3.52. The molecule has 1 aliphatic heterocycles. The van der Waals surface area contributed by atoms with Gasteiger partial charge in [-0.2, -0.15) is 0 Å². The first-order chi connectivity index (χ1) is 12.4. The summed E-state index contributed by atoms with van der Waals surface area (Å²) in [5.41, 5.74) is 0.881. The highest BCUT2D eigenvalue weighted by Gasteiger charge is 2.28. The van der Waals surface area contributed by atoms with Crippen molar-refractivity contribution in [3.8, 4) is 0 Å². The Bertz CT molecular complexity index is 853. The summed E-state index contributed by atoms with van der Waals surface area (Å²) in [6, 6.07) is 5.26. The normalized spacial score (nSPS) is 14.2. The Labute approximate surface area is 164 Å². The van der Waals surface area contributed by atoms with E-state index in [2.05, 4.69) is 10.3 Å². The van der Waals surface area contributed by atoms with Gasteiger partial charge in [0, 0.05) is 53.3 Å². The van der Waals surface area contributed by atoms with Gasteiger partial charge in [0.2, 0.25) is 17.7 Å². The minimum absolute atomic E-state index is 0.0481. The minimum atomic E-state index is -0.292. The van der Waals surface area contributed by atoms with Crippen LogP contribution in [-0.2, 0) is 20.8 Å². The van der Waals surface area contributed by atoms with Crippen LogP contribution in [0.15, 0.2) is 24.4 Å². The lowest BCUT2D eigenvalue weighted by atomic mass is 10.1. The van der Waals surface area contributed by atoms with E-state index in [4.69, 9.17) is 23.2 Å². The third-order valence-corrected chi connectivity index (χ3v) is 5.41. The summed E-state index contributed by atoms with van der Waals surface area (Å²) in [5.74, 6) is -0.741. The molecule has 26 heavy (non-hydrogen) atoms. The number of hydrogen-bond donors (Lipinski definition) is 1. The maximum absolute atomic E-state index is 12.0. The molecule has 0 atom stereocenters. The molecular formula is C17H15Cl2N3O3S. The van der Waals surface area contributed by atoms with Crippen LogP contribution in [0, 0.1) is 0 Å². The minimum Gasteiger partial charge on any atom is -0.302 e. The van der Waals surface area contributed by atoms with Crippen LogP contribution in [0.25, 0.3) is 0 Å². The number of carbonyl (C=O) groups excluding carboxylic acids is 3. The van der Waals surface area contributed by atoms with Crippen molar-refractivity contribution in [2.45, 2.75) is 25.7 Å². The number of carbonyl (C=O) groups is 3. The van der Waals surface area contributed by atoms with Gasteiger partial charge in [-0.1, -0.05) is 23.2 Å². The van der Waals surface area contributed by atoms with Gasteiger partial charge in [0.05, 0.1) is 0 Å². The van der Waals surface area contributed by atoms with Crippen molar-refractivity contribution in [1.82, 2.24) is 9.88 Å². The summed E-state index contributed by atoms with van der Waals surface area (Å²) in [5, 5.41) is 4.37. The molecule has 0 unspecified atom stereocenters. The second kappa shape index (κ2) is 8.16. The van der Waals surface area contributed by atoms with Crippen molar-refractivity contribution < 1.29 is 14.4 Å². The van der Waals surface area contributed by atoms with Crippen molar-refractivity contribution in [3.63, 3.8) is 0 Å². The Morgan fingerprint density at radius 1 is 1.23 bits per heavy atom. The van der Waals surface area contributed by atoms with E-state index in [-0.39, 0.29) is 43.5 Å². The Kier molecular flexibility index (Phi) is 5.90. The predicted molar refractivity (Wildman–Crippen MR) is 101 cm³/mol. The molecule has 2 aromatic rings. The molecule has 136 valence electrons. The first-order valence-electron chi connectivity index (χ1n) is 7.94. The number of nitrogens with zero attached hydrogens (tertiary/aromatic N) is 2. The molecule has 1 saturated heterocycles. The summed E-state index contributed by atoms with van der Waals surface area (Å²) < 4.78 is 0. The molecule has 0 spiro atoms. The summed E-state index contributed by atoms with van der Waals surface area (Å²) in [7, 11) is 0. The number of thiazole rings is 1. The quantitative estimate of drug-likeness (QED) is 0.737. The lowest BCUT2D eigenvalue weighted by Crippen LogP contribution is -2.32. The highest BCUT2D eigenvalue weighted by atomic mass is 35.5. The van der Waals surface area contributed by atoms with Gasteiger partial charge in [0.15, 0.2) is 5.13 Å². The van der Waals surface area contributed by atoms with E-state index in [0.717, 1.165) is 15.3 Å². The summed E-state index contributed by atoms with van der Waals surface area (Å²) in [6.07, 6.45) is 2.73. The van der Waals surface area contributed by atoms with E-state index in [1.165, 1.54) is 11.3 Å². The largest absolute Gasteiger partial charge is 0.302 e. The Hall–Kier alpha value is -1.96. The molecule has 0 radical (unpaired) electrons. The SMILES string of the molecule is O=C(CCN1C(=O)CCC1=O)Nc1ncc(Cc2cc(Cl)ccc2Cl)s1. The standard InChI is InChI=1S/C17H15Cl2N3O3S/c18-11-1-2-13(19)10(7-11)8-12-9-20-17(26-12)21-14(23)5-6-22-15(24)3-4-16(22)25/h1-2,7,9H,3-6,8H2,(H,20,21,23). The summed E-state index contributed by atoms with van der Waals surface area (Å²) >= 11 is 13.5. The van der Waals surface area contributed by atoms with Gasteiger partial charge in [0.25, 0.3) is 0 Å². The molecule has 1 fully saturated rings. The van der Waals surface area contributed by atoms with Crippen LogP contribution in [0.1, 0.15) is 29.7 Å². The van der Waals surface area contributed by atoms with Crippen LogP contribution in [0.4, 0.5) is 5.13 Å². The molecule has 9 heteroatoms. The number of rotatable bonds is 6. The second-order valence-electron chi connectivity index (χ2n) is 5.78. The van der Waals surface area contributed by atoms with E-state index in [1.54, 1.807) is 24.4 Å². The highest BCUT2D eigenvalue weighted by molar-refractivity contribution is 7.15. The van der Waals surface area contributed by atoms with Crippen LogP contribution in [-0.4, -0.2) is 34.2 Å². The maximum Gasteiger partial charge on any atom is 0.229 e. The fourth-order valence-corrected chi connectivity index (χ4v) is 3.81. The Balaban J connectivity index is 1.54. The number of amides is 3. The molecule has 0 aliphatic carbocycles. The fourth-order valence-electron chi connectivity index (χ4n) is 2.58. The van der Waals surface area contributed by atoms with Gasteiger partial charge in [-0.25, -0.2) is 4.98 Å². The van der Waals surface area contributed by atoms with E-state index < -0.39 is 0 Å². The van der Waals surface area contributed by atoms with Crippen LogP contribution in [0.5, 0.6) is 0 Å². The van der Waals surface area contributed by atoms with Crippen molar-refractivity contribution in [2.24, 2.45) is 0 Å². The lowest BCUT2D eigenvalue weighted by molar-refractivity contribution is -0.138. The molecule has 6 nitrogen and oxygen atoms in total. The summed E-state index contributed by atoms with van der Waals surface area (Å²) in [6.45, 7) is 0.0971. The second-order valence-corrected chi connectivity index (χ2v) is 7.74. The fraction of sp³-hybridized carbons (Fsp3) is 0.294. The van der Waals surface area contributed by atoms with Gasteiger partial charge in [-0.15, -0.1) is 11.3 Å². The van der Waals surface area contributed by atoms with Crippen molar-refractivity contribution in [3.05, 3.63) is 44.9 Å². The van der Waals surface area contributed by atoms with Gasteiger partial charge < -0.3 is 5.32 Å². The van der Waals surface area contributed by atoms with Gasteiger partial charge in [-0.3, -0.25) is 19.3 Å². The number of aromatic nitrogens is 1. The van der Waals surface area contributed by atoms with Crippen molar-refractivity contribution in [1.29, 1.82) is 0 Å². The summed E-state index contributed by atoms with van der Waals surface area (Å²) in [4.78, 5) is 41.3. The smallest absolute Gasteiger partial charge is 0.229 e. The van der Waals surface area contributed by atoms with Crippen LogP contribution in [0.2, 0.25) is 10.0 Å². The van der Waals surface area contributed by atoms with E-state index in [9.17, 15) is 14.4 Å². The Morgan fingerprint density at radius 3 is 2.69 bits per heavy atom. The average molecular weight is 412 g/mol. The topological polar surface area (TPSA) is 79.4 Å². The van der Waals surface area contributed by atoms with E-state index >= 15 is 0 Å². The van der Waals surface area contributed by atoms with Crippen LogP contribution in [0.3, 0.4) is 0 Å². The monoisotopic (exact) mass is 411 g/mol. The van der Waals surface area contributed by atoms with Gasteiger partial charge >= 0.3 is 0 Å². The third kappa shape index (κ3) is 4.60. The highest BCUT2D eigenvalue weighted by Crippen LogP contribution is 2.27. The molecule has 1 N–H and O–H groups in total. The number of hydrogen-bond acceptors (Lipinski definition) is 5. The molecule has 1 aromatic heterocycles. The molecule has 2 heterocycles. The van der Waals surface area contributed by atoms with Crippen LogP contribution < -0.4 is 5.32 Å².